The van der Waals surface area contributed by atoms with Crippen molar-refractivity contribution < 1.29 is 9.47 Å². The number of thiocarbonyl (C=S) groups is 1. The van der Waals surface area contributed by atoms with Crippen molar-refractivity contribution >= 4 is 39.2 Å². The van der Waals surface area contributed by atoms with E-state index >= 15 is 0 Å². The number of hydrogen-bond donors (Lipinski definition) is 1. The Labute approximate surface area is 154 Å². The predicted molar refractivity (Wildman–Crippen MR) is 102 cm³/mol. The van der Waals surface area contributed by atoms with Gasteiger partial charge in [-0.1, -0.05) is 42.5 Å². The monoisotopic (exact) mass is 402 g/mol. The smallest absolute Gasteiger partial charge is 0.175 e. The highest BCUT2D eigenvalue weighted by Crippen LogP contribution is 2.37. The molecule has 0 fully saturated rings. The lowest BCUT2D eigenvalue weighted by atomic mass is 10.1. The van der Waals surface area contributed by atoms with Gasteiger partial charge in [-0.2, -0.15) is 5.26 Å². The first kappa shape index (κ1) is 18.0. The highest BCUT2D eigenvalue weighted by Gasteiger charge is 2.12. The van der Waals surface area contributed by atoms with Crippen LogP contribution in [0.4, 0.5) is 0 Å². The minimum atomic E-state index is 0.0528. The number of methoxy groups -OCH3 is 1. The molecule has 24 heavy (non-hydrogen) atoms. The third kappa shape index (κ3) is 4.57. The van der Waals surface area contributed by atoms with E-state index in [9.17, 15) is 0 Å². The lowest BCUT2D eigenvalue weighted by Crippen LogP contribution is -2.09. The van der Waals surface area contributed by atoms with Crippen molar-refractivity contribution in [2.45, 2.75) is 6.61 Å². The molecule has 0 aliphatic rings. The van der Waals surface area contributed by atoms with Gasteiger partial charge < -0.3 is 15.2 Å². The molecule has 2 rings (SSSR count). The Hall–Kier alpha value is -2.36. The molecule has 0 saturated heterocycles. The molecule has 2 aromatic rings. The second kappa shape index (κ2) is 8.48. The van der Waals surface area contributed by atoms with E-state index in [0.29, 0.717) is 22.6 Å². The maximum atomic E-state index is 9.06. The Morgan fingerprint density at radius 1 is 1.33 bits per heavy atom. The van der Waals surface area contributed by atoms with E-state index in [4.69, 9.17) is 32.7 Å². The van der Waals surface area contributed by atoms with Gasteiger partial charge in [-0.15, -0.1) is 0 Å². The van der Waals surface area contributed by atoms with Gasteiger partial charge in [-0.25, -0.2) is 0 Å². The first-order valence-corrected chi connectivity index (χ1v) is 8.21. The third-order valence-corrected chi connectivity index (χ3v) is 3.98. The van der Waals surface area contributed by atoms with Gasteiger partial charge >= 0.3 is 0 Å². The zero-order chi connectivity index (χ0) is 17.5. The van der Waals surface area contributed by atoms with Crippen LogP contribution in [0.25, 0.3) is 6.08 Å². The number of nitrogens with zero attached hydrogens (tertiary/aromatic N) is 1. The van der Waals surface area contributed by atoms with Crippen LogP contribution >= 0.6 is 28.1 Å². The number of nitrogens with two attached hydrogens (primary N) is 1. The van der Waals surface area contributed by atoms with Crippen LogP contribution in [0.5, 0.6) is 11.5 Å². The minimum absolute atomic E-state index is 0.0528. The van der Waals surface area contributed by atoms with Crippen LogP contribution < -0.4 is 15.2 Å². The van der Waals surface area contributed by atoms with Crippen LogP contribution in [0.3, 0.4) is 0 Å². The third-order valence-electron chi connectivity index (χ3n) is 3.17. The second-order valence-electron chi connectivity index (χ2n) is 4.84. The zero-order valence-electron chi connectivity index (χ0n) is 13.0. The Morgan fingerprint density at radius 3 is 2.62 bits per heavy atom. The molecular weight excluding hydrogens is 388 g/mol. The summed E-state index contributed by atoms with van der Waals surface area (Å²) >= 11 is 8.33. The fourth-order valence-corrected chi connectivity index (χ4v) is 2.70. The lowest BCUT2D eigenvalue weighted by molar-refractivity contribution is 0.282. The second-order valence-corrected chi connectivity index (χ2v) is 6.14. The molecule has 0 saturated carbocycles. The summed E-state index contributed by atoms with van der Waals surface area (Å²) in [5.41, 5.74) is 7.54. The predicted octanol–water partition coefficient (Wildman–Crippen LogP) is 4.23. The summed E-state index contributed by atoms with van der Waals surface area (Å²) in [6.07, 6.45) is 1.61. The highest BCUT2D eigenvalue weighted by molar-refractivity contribution is 9.10. The van der Waals surface area contributed by atoms with E-state index in [1.54, 1.807) is 19.3 Å². The average molecular weight is 403 g/mol. The van der Waals surface area contributed by atoms with Gasteiger partial charge in [-0.05, 0) is 45.3 Å². The highest BCUT2D eigenvalue weighted by atomic mass is 79.9. The van der Waals surface area contributed by atoms with E-state index in [1.807, 2.05) is 42.5 Å². The normalized spacial score (nSPS) is 10.8. The molecule has 0 heterocycles. The topological polar surface area (TPSA) is 68.3 Å². The molecule has 0 bridgehead atoms. The van der Waals surface area contributed by atoms with E-state index < -0.39 is 0 Å². The van der Waals surface area contributed by atoms with Crippen molar-refractivity contribution in [3.8, 4) is 17.6 Å². The first-order valence-electron chi connectivity index (χ1n) is 7.01. The molecule has 0 radical (unpaired) electrons. The van der Waals surface area contributed by atoms with E-state index in [-0.39, 0.29) is 10.6 Å². The van der Waals surface area contributed by atoms with Crippen molar-refractivity contribution in [2.75, 3.05) is 7.11 Å². The van der Waals surface area contributed by atoms with Gasteiger partial charge in [0, 0.05) is 0 Å². The Morgan fingerprint density at radius 2 is 2.04 bits per heavy atom. The van der Waals surface area contributed by atoms with Gasteiger partial charge in [0.15, 0.2) is 11.5 Å². The maximum Gasteiger partial charge on any atom is 0.175 e. The summed E-state index contributed by atoms with van der Waals surface area (Å²) < 4.78 is 12.0. The minimum Gasteiger partial charge on any atom is -0.493 e. The quantitative estimate of drug-likeness (QED) is 0.444. The molecule has 0 aromatic heterocycles. The fraction of sp³-hybridized carbons (Fsp3) is 0.111. The van der Waals surface area contributed by atoms with Crippen LogP contribution in [0.2, 0.25) is 0 Å². The Kier molecular flexibility index (Phi) is 6.36. The summed E-state index contributed by atoms with van der Waals surface area (Å²) in [5.74, 6) is 1.14. The van der Waals surface area contributed by atoms with E-state index in [2.05, 4.69) is 15.9 Å². The van der Waals surface area contributed by atoms with Crippen LogP contribution in [0.1, 0.15) is 11.1 Å². The van der Waals surface area contributed by atoms with Crippen molar-refractivity contribution in [2.24, 2.45) is 5.73 Å². The SMILES string of the molecule is COc1cc(/C=C(\C#N)C(N)=S)cc(Br)c1OCc1ccccc1. The lowest BCUT2D eigenvalue weighted by Gasteiger charge is -2.14. The Bertz CT molecular complexity index is 814. The van der Waals surface area contributed by atoms with Crippen molar-refractivity contribution in [1.82, 2.24) is 0 Å². The van der Waals surface area contributed by atoms with Crippen molar-refractivity contribution in [1.29, 1.82) is 5.26 Å². The number of benzene rings is 2. The number of ether oxygens (including phenoxy) is 2. The van der Waals surface area contributed by atoms with Crippen LogP contribution in [-0.2, 0) is 6.61 Å². The largest absolute Gasteiger partial charge is 0.493 e. The summed E-state index contributed by atoms with van der Waals surface area (Å²) in [5, 5.41) is 9.06. The fourth-order valence-electron chi connectivity index (χ4n) is 2.02. The first-order chi connectivity index (χ1) is 11.5. The average Bonchev–Trinajstić information content (AvgIpc) is 2.58. The van der Waals surface area contributed by atoms with Gasteiger partial charge in [0.25, 0.3) is 0 Å². The maximum absolute atomic E-state index is 9.06. The molecule has 2 aromatic carbocycles. The summed E-state index contributed by atoms with van der Waals surface area (Å²) in [6, 6.07) is 15.4. The van der Waals surface area contributed by atoms with Gasteiger partial charge in [0.05, 0.1) is 17.2 Å². The van der Waals surface area contributed by atoms with Gasteiger partial charge in [-0.3, -0.25) is 0 Å². The van der Waals surface area contributed by atoms with E-state index in [1.165, 1.54) is 0 Å². The summed E-state index contributed by atoms with van der Waals surface area (Å²) in [4.78, 5) is 0.0528. The standard InChI is InChI=1S/C18H15BrN2O2S/c1-22-16-9-13(7-14(10-20)18(21)24)8-15(19)17(16)23-11-12-5-3-2-4-6-12/h2-9H,11H2,1H3,(H2,21,24)/b14-7+. The number of halogens is 1. The van der Waals surface area contributed by atoms with Crippen molar-refractivity contribution in [3.63, 3.8) is 0 Å². The van der Waals surface area contributed by atoms with E-state index in [0.717, 1.165) is 11.1 Å². The molecule has 0 amide bonds. The van der Waals surface area contributed by atoms with Gasteiger partial charge in [0.2, 0.25) is 0 Å². The molecule has 4 nitrogen and oxygen atoms in total. The zero-order valence-corrected chi connectivity index (χ0v) is 15.4. The van der Waals surface area contributed by atoms with Crippen LogP contribution in [-0.4, -0.2) is 12.1 Å². The molecular formula is C18H15BrN2O2S. The number of nitriles is 1. The van der Waals surface area contributed by atoms with Gasteiger partial charge in [0.1, 0.15) is 17.7 Å². The van der Waals surface area contributed by atoms with Crippen molar-refractivity contribution in [3.05, 3.63) is 63.6 Å². The molecule has 0 unspecified atom stereocenters. The molecule has 2 N–H and O–H groups in total. The molecule has 122 valence electrons. The molecule has 0 aliphatic carbocycles. The summed E-state index contributed by atoms with van der Waals surface area (Å²) in [7, 11) is 1.56. The molecule has 0 atom stereocenters. The molecule has 0 spiro atoms. The number of rotatable bonds is 6. The van der Waals surface area contributed by atoms with Crippen LogP contribution in [0, 0.1) is 11.3 Å². The molecule has 0 aliphatic heterocycles. The molecule has 6 heteroatoms. The Balaban J connectivity index is 2.31. The summed E-state index contributed by atoms with van der Waals surface area (Å²) in [6.45, 7) is 0.418. The van der Waals surface area contributed by atoms with Crippen LogP contribution in [0.15, 0.2) is 52.5 Å². The number of hydrogen-bond acceptors (Lipinski definition) is 4.